The van der Waals surface area contributed by atoms with Crippen LogP contribution in [0.4, 0.5) is 11.4 Å². The number of nitrogens with zero attached hydrogens (tertiary/aromatic N) is 3. The third kappa shape index (κ3) is 5.42. The first kappa shape index (κ1) is 29.5. The summed E-state index contributed by atoms with van der Waals surface area (Å²) in [6.07, 6.45) is 3.18. The van der Waals surface area contributed by atoms with Gasteiger partial charge in [0.05, 0.1) is 27.1 Å². The van der Waals surface area contributed by atoms with Crippen molar-refractivity contribution in [3.05, 3.63) is 64.0 Å². The molecule has 3 aromatic rings. The molecular weight excluding hydrogens is 558 g/mol. The molecule has 0 atom stereocenters. The van der Waals surface area contributed by atoms with E-state index in [2.05, 4.69) is 0 Å². The fraction of sp³-hybridized carbons (Fsp3) is 0.333. The molecule has 0 amide bonds. The van der Waals surface area contributed by atoms with Crippen LogP contribution in [0.1, 0.15) is 31.4 Å². The van der Waals surface area contributed by atoms with Gasteiger partial charge in [0.2, 0.25) is 5.69 Å². The molecule has 11 nitrogen and oxygen atoms in total. The number of aromatic hydroxyl groups is 1. The molecule has 40 heavy (non-hydrogen) atoms. The zero-order valence-electron chi connectivity index (χ0n) is 22.8. The maximum Gasteiger partial charge on any atom is 0.294 e. The van der Waals surface area contributed by atoms with Gasteiger partial charge < -0.3 is 14.6 Å². The van der Waals surface area contributed by atoms with E-state index < -0.39 is 37.0 Å². The van der Waals surface area contributed by atoms with Crippen LogP contribution in [0.2, 0.25) is 0 Å². The Hall–Kier alpha value is -3.52. The minimum Gasteiger partial charge on any atom is -0.506 e. The number of aryl methyl sites for hydroxylation is 1. The number of anilines is 1. The minimum atomic E-state index is -4.48. The first-order valence-electron chi connectivity index (χ1n) is 12.4. The maximum atomic E-state index is 13.3. The standard InChI is InChI=1S/C27H31N3O8S2/c1-27(2)21-16-18(40(36,37)38)8-11-22(21)30(13-6-14-39(33,34)35)24(27)12-10-20-25(31)19-9-7-17(28(3)4)15-23(19)29(5)26(20)32/h7-12,15-16H,6,13-14H2,1-5H3,(H2,33,34,35,36,37,38)/p+1. The van der Waals surface area contributed by atoms with Crippen molar-refractivity contribution < 1.29 is 35.6 Å². The van der Waals surface area contributed by atoms with Crippen LogP contribution in [0.25, 0.3) is 17.0 Å². The number of aromatic nitrogens is 1. The van der Waals surface area contributed by atoms with Gasteiger partial charge in [-0.25, -0.2) is 0 Å². The molecule has 3 N–H and O–H groups in total. The summed E-state index contributed by atoms with van der Waals surface area (Å²) in [6.45, 7) is 3.79. The van der Waals surface area contributed by atoms with Crippen molar-refractivity contribution in [2.45, 2.75) is 30.6 Å². The van der Waals surface area contributed by atoms with Gasteiger partial charge >= 0.3 is 0 Å². The number of rotatable bonds is 8. The van der Waals surface area contributed by atoms with Gasteiger partial charge in [-0.1, -0.05) is 0 Å². The van der Waals surface area contributed by atoms with Gasteiger partial charge in [0, 0.05) is 56.3 Å². The van der Waals surface area contributed by atoms with Gasteiger partial charge in [0.25, 0.3) is 25.8 Å². The van der Waals surface area contributed by atoms with Gasteiger partial charge in [0.15, 0.2) is 5.71 Å². The third-order valence-electron chi connectivity index (χ3n) is 7.26. The molecular formula is C27H32N3O8S2+. The van der Waals surface area contributed by atoms with Crippen LogP contribution < -0.4 is 10.5 Å². The molecule has 0 aliphatic carbocycles. The number of fused-ring (bicyclic) bond motifs is 2. The second kappa shape index (κ2) is 10.1. The van der Waals surface area contributed by atoms with Crippen LogP contribution in [0.3, 0.4) is 0 Å². The first-order valence-corrected chi connectivity index (χ1v) is 15.4. The lowest BCUT2D eigenvalue weighted by molar-refractivity contribution is -0.437. The van der Waals surface area contributed by atoms with Crippen molar-refractivity contribution in [2.75, 3.05) is 31.3 Å². The summed E-state index contributed by atoms with van der Waals surface area (Å²) in [4.78, 5) is 14.9. The fourth-order valence-electron chi connectivity index (χ4n) is 5.09. The van der Waals surface area contributed by atoms with Crippen molar-refractivity contribution in [3.8, 4) is 5.75 Å². The monoisotopic (exact) mass is 590 g/mol. The molecule has 13 heteroatoms. The summed E-state index contributed by atoms with van der Waals surface area (Å²) in [6, 6.07) is 9.49. The Morgan fingerprint density at radius 1 is 1.02 bits per heavy atom. The zero-order valence-corrected chi connectivity index (χ0v) is 24.4. The summed E-state index contributed by atoms with van der Waals surface area (Å²) in [5.41, 5.74) is 1.91. The molecule has 1 aliphatic rings. The van der Waals surface area contributed by atoms with E-state index in [9.17, 15) is 35.8 Å². The molecule has 1 aliphatic heterocycles. The van der Waals surface area contributed by atoms with Gasteiger partial charge in [0.1, 0.15) is 12.3 Å². The van der Waals surface area contributed by atoms with Gasteiger partial charge in [-0.3, -0.25) is 13.9 Å². The SMILES string of the molecule is CN(C)c1ccc2c(O)c(C=CC3=[N+](CCCS(=O)(=O)O)c4ccc(S(=O)(=O)O)cc4C3(C)C)c(=O)n(C)c2c1. The average Bonchev–Trinajstić information content (AvgIpc) is 3.06. The normalized spacial score (nSPS) is 15.3. The highest BCUT2D eigenvalue weighted by Gasteiger charge is 2.45. The number of pyridine rings is 1. The molecule has 2 aromatic carbocycles. The molecule has 214 valence electrons. The van der Waals surface area contributed by atoms with Gasteiger partial charge in [-0.05, 0) is 50.3 Å². The van der Waals surface area contributed by atoms with Crippen LogP contribution in [-0.4, -0.2) is 72.3 Å². The minimum absolute atomic E-state index is 0.0448. The highest BCUT2D eigenvalue weighted by molar-refractivity contribution is 7.86. The van der Waals surface area contributed by atoms with Crippen LogP contribution in [0.5, 0.6) is 5.75 Å². The highest BCUT2D eigenvalue weighted by atomic mass is 32.2. The van der Waals surface area contributed by atoms with Crippen molar-refractivity contribution in [1.82, 2.24) is 4.57 Å². The van der Waals surface area contributed by atoms with Crippen LogP contribution in [0.15, 0.2) is 52.2 Å². The fourth-order valence-corrected chi connectivity index (χ4v) is 6.09. The molecule has 0 saturated carbocycles. The summed E-state index contributed by atoms with van der Waals surface area (Å²) in [5, 5.41) is 11.6. The third-order valence-corrected chi connectivity index (χ3v) is 8.91. The second-order valence-electron chi connectivity index (χ2n) is 10.5. The van der Waals surface area contributed by atoms with Crippen molar-refractivity contribution in [3.63, 3.8) is 0 Å². The average molecular weight is 591 g/mol. The predicted octanol–water partition coefficient (Wildman–Crippen LogP) is 2.92. The van der Waals surface area contributed by atoms with Crippen LogP contribution >= 0.6 is 0 Å². The smallest absolute Gasteiger partial charge is 0.294 e. The molecule has 0 unspecified atom stereocenters. The highest BCUT2D eigenvalue weighted by Crippen LogP contribution is 2.41. The van der Waals surface area contributed by atoms with E-state index in [1.165, 1.54) is 28.8 Å². The molecule has 0 spiro atoms. The Labute approximate surface area is 232 Å². The zero-order chi connectivity index (χ0) is 29.8. The summed E-state index contributed by atoms with van der Waals surface area (Å²) in [5.74, 6) is -0.680. The molecule has 2 heterocycles. The molecule has 1 aromatic heterocycles. The van der Waals surface area contributed by atoms with Crippen LogP contribution in [0, 0.1) is 0 Å². The molecule has 0 bridgehead atoms. The molecule has 4 rings (SSSR count). The predicted molar refractivity (Wildman–Crippen MR) is 154 cm³/mol. The molecule has 0 fully saturated rings. The number of hydrogen-bond acceptors (Lipinski definition) is 7. The summed E-state index contributed by atoms with van der Waals surface area (Å²) >= 11 is 0. The van der Waals surface area contributed by atoms with Gasteiger partial charge in [-0.2, -0.15) is 21.4 Å². The number of benzene rings is 2. The van der Waals surface area contributed by atoms with E-state index >= 15 is 0 Å². The Balaban J connectivity index is 1.88. The maximum absolute atomic E-state index is 13.3. The van der Waals surface area contributed by atoms with E-state index in [1.54, 1.807) is 29.8 Å². The molecule has 0 saturated heterocycles. The van der Waals surface area contributed by atoms with E-state index in [-0.39, 0.29) is 29.2 Å². The lowest BCUT2D eigenvalue weighted by atomic mass is 9.81. The van der Waals surface area contributed by atoms with Gasteiger partial charge in [-0.15, -0.1) is 0 Å². The van der Waals surface area contributed by atoms with E-state index in [0.29, 0.717) is 27.9 Å². The quantitative estimate of drug-likeness (QED) is 0.265. The van der Waals surface area contributed by atoms with Crippen molar-refractivity contribution in [2.24, 2.45) is 7.05 Å². The first-order chi connectivity index (χ1) is 18.4. The summed E-state index contributed by atoms with van der Waals surface area (Å²) < 4.78 is 68.4. The Bertz CT molecular complexity index is 1870. The largest absolute Gasteiger partial charge is 0.506 e. The lowest BCUT2D eigenvalue weighted by Crippen LogP contribution is -2.28. The van der Waals surface area contributed by atoms with E-state index in [0.717, 1.165) is 5.69 Å². The number of hydrogen-bond donors (Lipinski definition) is 3. The molecule has 0 radical (unpaired) electrons. The Kier molecular flexibility index (Phi) is 7.47. The Morgan fingerprint density at radius 3 is 2.30 bits per heavy atom. The second-order valence-corrected chi connectivity index (χ2v) is 13.5. The number of allylic oxidation sites excluding steroid dienone is 1. The lowest BCUT2D eigenvalue weighted by Gasteiger charge is -2.17. The topological polar surface area (TPSA) is 157 Å². The Morgan fingerprint density at radius 2 is 1.70 bits per heavy atom. The van der Waals surface area contributed by atoms with Crippen molar-refractivity contribution >= 4 is 54.3 Å². The summed E-state index contributed by atoms with van der Waals surface area (Å²) in [7, 11) is -3.34. The van der Waals surface area contributed by atoms with Crippen LogP contribution in [-0.2, 0) is 32.7 Å². The van der Waals surface area contributed by atoms with Crippen molar-refractivity contribution in [1.29, 1.82) is 0 Å². The van der Waals surface area contributed by atoms with E-state index in [1.807, 2.05) is 38.9 Å². The van der Waals surface area contributed by atoms with E-state index in [4.69, 9.17) is 0 Å².